The number of hydrogen-bond acceptors (Lipinski definition) is 5. The van der Waals surface area contributed by atoms with E-state index in [9.17, 15) is 24.5 Å². The van der Waals surface area contributed by atoms with Crippen molar-refractivity contribution in [3.8, 4) is 0 Å². The van der Waals surface area contributed by atoms with E-state index in [0.717, 1.165) is 9.80 Å². The summed E-state index contributed by atoms with van der Waals surface area (Å²) >= 11 is 0. The Labute approximate surface area is 118 Å². The van der Waals surface area contributed by atoms with Crippen molar-refractivity contribution in [2.45, 2.75) is 6.54 Å². The third-order valence-corrected chi connectivity index (χ3v) is 2.92. The van der Waals surface area contributed by atoms with Crippen LogP contribution in [0, 0.1) is 10.1 Å². The molecule has 0 aliphatic carbocycles. The highest BCUT2D eigenvalue weighted by molar-refractivity contribution is 6.02. The number of imide groups is 1. The van der Waals surface area contributed by atoms with E-state index in [1.54, 1.807) is 6.07 Å². The number of nitro benzene ring substituents is 1. The number of carbonyl (C=O) groups excluding carboxylic acids is 2. The fraction of sp³-hybridized carbons (Fsp3) is 0.250. The van der Waals surface area contributed by atoms with Crippen LogP contribution in [0.2, 0.25) is 0 Å². The molecule has 1 saturated heterocycles. The molecule has 1 aromatic carbocycles. The van der Waals surface area contributed by atoms with Crippen molar-refractivity contribution in [3.63, 3.8) is 0 Å². The molecule has 0 spiro atoms. The number of carboxylic acid groups (broad SMARTS) is 1. The van der Waals surface area contributed by atoms with Gasteiger partial charge in [-0.25, -0.2) is 4.79 Å². The Morgan fingerprint density at radius 1 is 1.38 bits per heavy atom. The monoisotopic (exact) mass is 293 g/mol. The van der Waals surface area contributed by atoms with Gasteiger partial charge in [-0.1, -0.05) is 12.1 Å². The van der Waals surface area contributed by atoms with Gasteiger partial charge in [-0.2, -0.15) is 0 Å². The highest BCUT2D eigenvalue weighted by Gasteiger charge is 2.36. The maximum Gasteiger partial charge on any atom is 0.328 e. The maximum atomic E-state index is 11.9. The van der Waals surface area contributed by atoms with Gasteiger partial charge in [-0.3, -0.25) is 24.6 Å². The van der Waals surface area contributed by atoms with Crippen LogP contribution in [0.15, 0.2) is 24.3 Å². The lowest BCUT2D eigenvalue weighted by Gasteiger charge is -2.15. The Balaban J connectivity index is 2.14. The van der Waals surface area contributed by atoms with Crippen LogP contribution in [0.1, 0.15) is 5.56 Å². The fourth-order valence-corrected chi connectivity index (χ4v) is 1.99. The normalized spacial score (nSPS) is 14.7. The summed E-state index contributed by atoms with van der Waals surface area (Å²) in [6.45, 7) is -0.995. The van der Waals surface area contributed by atoms with Gasteiger partial charge in [0.05, 0.1) is 11.5 Å². The molecule has 9 heteroatoms. The molecule has 1 aliphatic heterocycles. The van der Waals surface area contributed by atoms with E-state index >= 15 is 0 Å². The zero-order chi connectivity index (χ0) is 15.6. The fourth-order valence-electron chi connectivity index (χ4n) is 1.99. The number of amides is 3. The number of urea groups is 1. The molecule has 1 heterocycles. The second kappa shape index (κ2) is 5.57. The molecule has 1 fully saturated rings. The summed E-state index contributed by atoms with van der Waals surface area (Å²) in [6.07, 6.45) is 0. The number of rotatable bonds is 5. The van der Waals surface area contributed by atoms with E-state index in [4.69, 9.17) is 5.11 Å². The van der Waals surface area contributed by atoms with Crippen molar-refractivity contribution < 1.29 is 24.4 Å². The van der Waals surface area contributed by atoms with Gasteiger partial charge in [0.25, 0.3) is 11.6 Å². The summed E-state index contributed by atoms with van der Waals surface area (Å²) < 4.78 is 0. The Morgan fingerprint density at radius 3 is 2.71 bits per heavy atom. The third-order valence-electron chi connectivity index (χ3n) is 2.92. The van der Waals surface area contributed by atoms with E-state index in [1.807, 2.05) is 0 Å². The van der Waals surface area contributed by atoms with Gasteiger partial charge in [-0.05, 0) is 5.56 Å². The summed E-state index contributed by atoms with van der Waals surface area (Å²) in [4.78, 5) is 46.1. The van der Waals surface area contributed by atoms with Crippen LogP contribution in [0.5, 0.6) is 0 Å². The molecule has 21 heavy (non-hydrogen) atoms. The van der Waals surface area contributed by atoms with Crippen molar-refractivity contribution in [1.82, 2.24) is 9.80 Å². The number of benzene rings is 1. The lowest BCUT2D eigenvalue weighted by Crippen LogP contribution is -2.35. The smallest absolute Gasteiger partial charge is 0.328 e. The quantitative estimate of drug-likeness (QED) is 0.477. The van der Waals surface area contributed by atoms with Gasteiger partial charge in [0.15, 0.2) is 0 Å². The van der Waals surface area contributed by atoms with Crippen molar-refractivity contribution in [1.29, 1.82) is 0 Å². The molecule has 0 unspecified atom stereocenters. The van der Waals surface area contributed by atoms with Crippen LogP contribution < -0.4 is 0 Å². The number of carbonyl (C=O) groups is 3. The number of nitro groups is 1. The molecule has 0 saturated carbocycles. The number of hydrogen-bond donors (Lipinski definition) is 1. The number of non-ortho nitro benzene ring substituents is 1. The molecule has 9 nitrogen and oxygen atoms in total. The van der Waals surface area contributed by atoms with E-state index in [-0.39, 0.29) is 18.8 Å². The highest BCUT2D eigenvalue weighted by atomic mass is 16.6. The molecule has 2 rings (SSSR count). The van der Waals surface area contributed by atoms with E-state index in [1.165, 1.54) is 18.2 Å². The zero-order valence-electron chi connectivity index (χ0n) is 10.8. The second-order valence-corrected chi connectivity index (χ2v) is 4.44. The molecule has 0 aromatic heterocycles. The van der Waals surface area contributed by atoms with Crippen molar-refractivity contribution in [2.75, 3.05) is 13.1 Å². The highest BCUT2D eigenvalue weighted by Crippen LogP contribution is 2.18. The molecule has 0 atom stereocenters. The third kappa shape index (κ3) is 3.14. The minimum Gasteiger partial charge on any atom is -0.480 e. The SMILES string of the molecule is O=C(O)CN1CC(=O)N(Cc2cccc([N+](=O)[O-])c2)C1=O. The van der Waals surface area contributed by atoms with Crippen molar-refractivity contribution in [2.24, 2.45) is 0 Å². The van der Waals surface area contributed by atoms with Crippen LogP contribution in [0.25, 0.3) is 0 Å². The lowest BCUT2D eigenvalue weighted by molar-refractivity contribution is -0.384. The van der Waals surface area contributed by atoms with E-state index < -0.39 is 29.4 Å². The molecule has 3 amide bonds. The molecule has 1 aromatic rings. The van der Waals surface area contributed by atoms with Crippen LogP contribution in [-0.2, 0) is 16.1 Å². The van der Waals surface area contributed by atoms with E-state index in [0.29, 0.717) is 5.56 Å². The molecular formula is C12H11N3O6. The van der Waals surface area contributed by atoms with Gasteiger partial charge in [-0.15, -0.1) is 0 Å². The first kappa shape index (κ1) is 14.4. The first-order chi connectivity index (χ1) is 9.88. The summed E-state index contributed by atoms with van der Waals surface area (Å²) in [5.41, 5.74) is 0.275. The Kier molecular flexibility index (Phi) is 3.83. The van der Waals surface area contributed by atoms with Gasteiger partial charge in [0.2, 0.25) is 0 Å². The summed E-state index contributed by atoms with van der Waals surface area (Å²) in [6, 6.07) is 4.85. The molecule has 0 radical (unpaired) electrons. The molecule has 1 aliphatic rings. The first-order valence-corrected chi connectivity index (χ1v) is 5.93. The molecular weight excluding hydrogens is 282 g/mol. The zero-order valence-corrected chi connectivity index (χ0v) is 10.8. The summed E-state index contributed by atoms with van der Waals surface area (Å²) in [5, 5.41) is 19.3. The van der Waals surface area contributed by atoms with Gasteiger partial charge in [0.1, 0.15) is 13.1 Å². The van der Waals surface area contributed by atoms with Crippen LogP contribution in [-0.4, -0.2) is 50.8 Å². The molecule has 110 valence electrons. The predicted molar refractivity (Wildman–Crippen MR) is 68.3 cm³/mol. The Bertz CT molecular complexity index is 629. The minimum absolute atomic E-state index is 0.129. The van der Waals surface area contributed by atoms with Crippen molar-refractivity contribution >= 4 is 23.6 Å². The van der Waals surface area contributed by atoms with Crippen LogP contribution in [0.3, 0.4) is 0 Å². The molecule has 1 N–H and O–H groups in total. The summed E-state index contributed by atoms with van der Waals surface area (Å²) in [5.74, 6) is -1.75. The van der Waals surface area contributed by atoms with Crippen molar-refractivity contribution in [3.05, 3.63) is 39.9 Å². The largest absolute Gasteiger partial charge is 0.480 e. The number of aliphatic carboxylic acids is 1. The first-order valence-electron chi connectivity index (χ1n) is 5.93. The molecule has 0 bridgehead atoms. The van der Waals surface area contributed by atoms with Crippen LogP contribution in [0.4, 0.5) is 10.5 Å². The van der Waals surface area contributed by atoms with E-state index in [2.05, 4.69) is 0 Å². The minimum atomic E-state index is -1.21. The van der Waals surface area contributed by atoms with Gasteiger partial charge < -0.3 is 10.0 Å². The average molecular weight is 293 g/mol. The second-order valence-electron chi connectivity index (χ2n) is 4.44. The number of nitrogens with zero attached hydrogens (tertiary/aromatic N) is 3. The predicted octanol–water partition coefficient (Wildman–Crippen LogP) is 0.444. The van der Waals surface area contributed by atoms with Gasteiger partial charge >= 0.3 is 12.0 Å². The topological polar surface area (TPSA) is 121 Å². The standard InChI is InChI=1S/C12H11N3O6/c16-10-6-13(7-11(17)18)12(19)14(10)5-8-2-1-3-9(4-8)15(20)21/h1-4H,5-7H2,(H,17,18). The lowest BCUT2D eigenvalue weighted by atomic mass is 10.2. The van der Waals surface area contributed by atoms with Crippen LogP contribution >= 0.6 is 0 Å². The number of carboxylic acids is 1. The summed E-state index contributed by atoms with van der Waals surface area (Å²) in [7, 11) is 0. The average Bonchev–Trinajstić information content (AvgIpc) is 2.66. The van der Waals surface area contributed by atoms with Gasteiger partial charge in [0, 0.05) is 12.1 Å². The Morgan fingerprint density at radius 2 is 2.10 bits per heavy atom. The maximum absolute atomic E-state index is 11.9. The Hall–Kier alpha value is -2.97.